The van der Waals surface area contributed by atoms with E-state index < -0.39 is 0 Å². The summed E-state index contributed by atoms with van der Waals surface area (Å²) in [5, 5.41) is 6.29. The number of carbonyl (C=O) groups is 1. The minimum atomic E-state index is -0.0565. The molecule has 0 unspecified atom stereocenters. The van der Waals surface area contributed by atoms with E-state index in [-0.39, 0.29) is 30.3 Å². The van der Waals surface area contributed by atoms with E-state index in [4.69, 9.17) is 4.74 Å². The summed E-state index contributed by atoms with van der Waals surface area (Å²) in [6, 6.07) is 7.93. The number of halogens is 1. The molecule has 0 aromatic heterocycles. The first-order valence-corrected chi connectivity index (χ1v) is 8.89. The number of nitrogens with one attached hydrogen (secondary N) is 2. The van der Waals surface area contributed by atoms with Gasteiger partial charge in [0.05, 0.1) is 0 Å². The minimum absolute atomic E-state index is 0. The number of para-hydroxylation sites is 1. The molecule has 6 heteroatoms. The van der Waals surface area contributed by atoms with Crippen LogP contribution in [0, 0.1) is 0 Å². The van der Waals surface area contributed by atoms with Crippen LogP contribution in [0.15, 0.2) is 24.3 Å². The molecule has 142 valence electrons. The van der Waals surface area contributed by atoms with Crippen LogP contribution >= 0.6 is 12.4 Å². The predicted octanol–water partition coefficient (Wildman–Crippen LogP) is 2.20. The Morgan fingerprint density at radius 3 is 2.60 bits per heavy atom. The zero-order chi connectivity index (χ0) is 17.4. The molecule has 1 aromatic carbocycles. The van der Waals surface area contributed by atoms with Gasteiger partial charge in [0.15, 0.2) is 6.61 Å². The number of hydrogen-bond acceptors (Lipinski definition) is 4. The number of nitrogens with zero attached hydrogens (tertiary/aromatic N) is 1. The third kappa shape index (κ3) is 7.63. The van der Waals surface area contributed by atoms with Crippen molar-refractivity contribution in [2.24, 2.45) is 0 Å². The van der Waals surface area contributed by atoms with Crippen LogP contribution in [-0.2, 0) is 10.2 Å². The van der Waals surface area contributed by atoms with Gasteiger partial charge in [-0.3, -0.25) is 4.79 Å². The van der Waals surface area contributed by atoms with Crippen molar-refractivity contribution in [3.05, 3.63) is 29.8 Å². The van der Waals surface area contributed by atoms with Gasteiger partial charge in [-0.1, -0.05) is 39.0 Å². The molecule has 1 fully saturated rings. The van der Waals surface area contributed by atoms with Crippen LogP contribution in [0.5, 0.6) is 5.75 Å². The molecule has 5 nitrogen and oxygen atoms in total. The third-order valence-electron chi connectivity index (χ3n) is 4.24. The molecular weight excluding hydrogens is 338 g/mol. The molecule has 1 heterocycles. The largest absolute Gasteiger partial charge is 0.483 e. The van der Waals surface area contributed by atoms with Crippen molar-refractivity contribution in [1.82, 2.24) is 15.5 Å². The average Bonchev–Trinajstić information content (AvgIpc) is 2.57. The molecule has 25 heavy (non-hydrogen) atoms. The summed E-state index contributed by atoms with van der Waals surface area (Å²) in [6.45, 7) is 12.6. The Morgan fingerprint density at radius 1 is 1.24 bits per heavy atom. The van der Waals surface area contributed by atoms with Gasteiger partial charge in [0.1, 0.15) is 5.75 Å². The van der Waals surface area contributed by atoms with Crippen molar-refractivity contribution in [3.8, 4) is 5.75 Å². The monoisotopic (exact) mass is 369 g/mol. The Labute approximate surface area is 157 Å². The zero-order valence-corrected chi connectivity index (χ0v) is 16.5. The topological polar surface area (TPSA) is 53.6 Å². The van der Waals surface area contributed by atoms with E-state index in [0.717, 1.165) is 50.5 Å². The van der Waals surface area contributed by atoms with Crippen LogP contribution in [0.1, 0.15) is 32.8 Å². The highest BCUT2D eigenvalue weighted by molar-refractivity contribution is 5.85. The number of benzene rings is 1. The highest BCUT2D eigenvalue weighted by atomic mass is 35.5. The van der Waals surface area contributed by atoms with E-state index >= 15 is 0 Å². The number of ether oxygens (including phenoxy) is 1. The number of rotatable bonds is 7. The van der Waals surface area contributed by atoms with E-state index in [1.165, 1.54) is 0 Å². The second-order valence-corrected chi connectivity index (χ2v) is 7.33. The Bertz CT molecular complexity index is 526. The van der Waals surface area contributed by atoms with Crippen molar-refractivity contribution in [2.75, 3.05) is 45.9 Å². The highest BCUT2D eigenvalue weighted by Crippen LogP contribution is 2.30. The lowest BCUT2D eigenvalue weighted by molar-refractivity contribution is -0.123. The third-order valence-corrected chi connectivity index (χ3v) is 4.24. The van der Waals surface area contributed by atoms with Crippen molar-refractivity contribution >= 4 is 18.3 Å². The van der Waals surface area contributed by atoms with Crippen LogP contribution in [0.2, 0.25) is 0 Å². The smallest absolute Gasteiger partial charge is 0.257 e. The molecular formula is C19H32ClN3O2. The maximum absolute atomic E-state index is 12.0. The minimum Gasteiger partial charge on any atom is -0.483 e. The highest BCUT2D eigenvalue weighted by Gasteiger charge is 2.18. The summed E-state index contributed by atoms with van der Waals surface area (Å²) < 4.78 is 5.74. The molecule has 1 amide bonds. The maximum atomic E-state index is 12.0. The molecule has 0 aliphatic carbocycles. The first kappa shape index (κ1) is 21.7. The predicted molar refractivity (Wildman–Crippen MR) is 105 cm³/mol. The molecule has 0 saturated carbocycles. The summed E-state index contributed by atoms with van der Waals surface area (Å²) in [7, 11) is 0. The van der Waals surface area contributed by atoms with E-state index in [0.29, 0.717) is 6.54 Å². The number of amides is 1. The van der Waals surface area contributed by atoms with Gasteiger partial charge in [-0.2, -0.15) is 0 Å². The molecule has 1 aliphatic heterocycles. The zero-order valence-electron chi connectivity index (χ0n) is 15.6. The lowest BCUT2D eigenvalue weighted by Gasteiger charge is -2.27. The van der Waals surface area contributed by atoms with Crippen LogP contribution in [0.25, 0.3) is 0 Å². The van der Waals surface area contributed by atoms with Crippen molar-refractivity contribution in [1.29, 1.82) is 0 Å². The Balaban J connectivity index is 0.00000312. The van der Waals surface area contributed by atoms with E-state index in [2.05, 4.69) is 42.4 Å². The lowest BCUT2D eigenvalue weighted by Crippen LogP contribution is -2.44. The van der Waals surface area contributed by atoms with Crippen LogP contribution in [0.4, 0.5) is 0 Å². The van der Waals surface area contributed by atoms with Gasteiger partial charge in [0, 0.05) is 32.7 Å². The molecule has 2 N–H and O–H groups in total. The van der Waals surface area contributed by atoms with Gasteiger partial charge in [0.2, 0.25) is 0 Å². The summed E-state index contributed by atoms with van der Waals surface area (Å²) >= 11 is 0. The van der Waals surface area contributed by atoms with Gasteiger partial charge in [-0.25, -0.2) is 0 Å². The van der Waals surface area contributed by atoms with Gasteiger partial charge >= 0.3 is 0 Å². The Kier molecular flexibility index (Phi) is 9.25. The summed E-state index contributed by atoms with van der Waals surface area (Å²) in [4.78, 5) is 14.4. The van der Waals surface area contributed by atoms with Gasteiger partial charge in [-0.05, 0) is 30.0 Å². The summed E-state index contributed by atoms with van der Waals surface area (Å²) in [5.74, 6) is 0.736. The standard InChI is InChI=1S/C19H31N3O2.ClH/c1-19(2,3)16-7-4-5-8-17(16)24-15-18(23)21-9-6-12-22-13-10-20-11-14-22;/h4-5,7-8,20H,6,9-15H2,1-3H3,(H,21,23);1H. The van der Waals surface area contributed by atoms with E-state index in [1.807, 2.05) is 18.2 Å². The molecule has 0 radical (unpaired) electrons. The van der Waals surface area contributed by atoms with Gasteiger partial charge < -0.3 is 20.3 Å². The lowest BCUT2D eigenvalue weighted by atomic mass is 9.86. The molecule has 1 saturated heterocycles. The first-order valence-electron chi connectivity index (χ1n) is 8.89. The fourth-order valence-corrected chi connectivity index (χ4v) is 2.87. The van der Waals surface area contributed by atoms with Crippen molar-refractivity contribution < 1.29 is 9.53 Å². The Morgan fingerprint density at radius 2 is 1.92 bits per heavy atom. The molecule has 0 atom stereocenters. The summed E-state index contributed by atoms with van der Waals surface area (Å²) in [5.41, 5.74) is 1.12. The number of hydrogen-bond donors (Lipinski definition) is 2. The number of piperazine rings is 1. The van der Waals surface area contributed by atoms with Crippen LogP contribution in [-0.4, -0.2) is 56.7 Å². The molecule has 2 rings (SSSR count). The normalized spacial score (nSPS) is 15.3. The molecule has 0 bridgehead atoms. The van der Waals surface area contributed by atoms with E-state index in [1.54, 1.807) is 0 Å². The maximum Gasteiger partial charge on any atom is 0.257 e. The second kappa shape index (κ2) is 10.6. The van der Waals surface area contributed by atoms with Gasteiger partial charge in [0.25, 0.3) is 5.91 Å². The Hall–Kier alpha value is -1.30. The SMILES string of the molecule is CC(C)(C)c1ccccc1OCC(=O)NCCCN1CCNCC1.Cl. The molecule has 0 spiro atoms. The van der Waals surface area contributed by atoms with Crippen LogP contribution in [0.3, 0.4) is 0 Å². The quantitative estimate of drug-likeness (QED) is 0.723. The fourth-order valence-electron chi connectivity index (χ4n) is 2.87. The molecule has 1 aromatic rings. The molecule has 1 aliphatic rings. The van der Waals surface area contributed by atoms with Crippen LogP contribution < -0.4 is 15.4 Å². The summed E-state index contributed by atoms with van der Waals surface area (Å²) in [6.07, 6.45) is 0.977. The second-order valence-electron chi connectivity index (χ2n) is 7.33. The van der Waals surface area contributed by atoms with E-state index in [9.17, 15) is 4.79 Å². The number of carbonyl (C=O) groups excluding carboxylic acids is 1. The van der Waals surface area contributed by atoms with Crippen molar-refractivity contribution in [3.63, 3.8) is 0 Å². The fraction of sp³-hybridized carbons (Fsp3) is 0.632. The van der Waals surface area contributed by atoms with Gasteiger partial charge in [-0.15, -0.1) is 12.4 Å². The first-order chi connectivity index (χ1) is 11.5. The average molecular weight is 370 g/mol. The van der Waals surface area contributed by atoms with Crippen molar-refractivity contribution in [2.45, 2.75) is 32.6 Å².